The van der Waals surface area contributed by atoms with Crippen molar-refractivity contribution in [2.45, 2.75) is 20.3 Å². The minimum atomic E-state index is -0.452. The molecule has 0 bridgehead atoms. The Kier molecular flexibility index (Phi) is 5.73. The third-order valence-electron chi connectivity index (χ3n) is 4.25. The molecule has 0 unspecified atom stereocenters. The molecule has 28 heavy (non-hydrogen) atoms. The van der Waals surface area contributed by atoms with Crippen LogP contribution in [0.2, 0.25) is 0 Å². The Morgan fingerprint density at radius 1 is 1.25 bits per heavy atom. The maximum absolute atomic E-state index is 13.4. The van der Waals surface area contributed by atoms with Crippen LogP contribution < -0.4 is 0 Å². The number of fused-ring (bicyclic) bond motifs is 1. The van der Waals surface area contributed by atoms with E-state index in [2.05, 4.69) is 4.98 Å². The molecule has 146 valence electrons. The van der Waals surface area contributed by atoms with E-state index in [1.165, 1.54) is 18.3 Å². The molecule has 6 nitrogen and oxygen atoms in total. The summed E-state index contributed by atoms with van der Waals surface area (Å²) in [5.74, 6) is -0.752. The van der Waals surface area contributed by atoms with Gasteiger partial charge in [0, 0.05) is 32.1 Å². The smallest absolute Gasteiger partial charge is 0.341 e. The van der Waals surface area contributed by atoms with Gasteiger partial charge < -0.3 is 9.64 Å². The summed E-state index contributed by atoms with van der Waals surface area (Å²) < 4.78 is 20.2. The van der Waals surface area contributed by atoms with E-state index >= 15 is 0 Å². The van der Waals surface area contributed by atoms with Gasteiger partial charge in [0.2, 0.25) is 0 Å². The van der Waals surface area contributed by atoms with E-state index < -0.39 is 5.97 Å². The molecule has 0 fully saturated rings. The molecule has 0 saturated heterocycles. The highest BCUT2D eigenvalue weighted by atomic mass is 19.1. The van der Waals surface area contributed by atoms with E-state index in [4.69, 9.17) is 9.84 Å². The lowest BCUT2D eigenvalue weighted by molar-refractivity contribution is 0.0525. The minimum Gasteiger partial charge on any atom is -0.462 e. The number of carbonyl (C=O) groups excluding carboxylic acids is 1. The van der Waals surface area contributed by atoms with Crippen LogP contribution in [-0.2, 0) is 11.2 Å². The van der Waals surface area contributed by atoms with Crippen LogP contribution in [0.3, 0.4) is 0 Å². The second-order valence-corrected chi connectivity index (χ2v) is 6.47. The molecule has 2 heterocycles. The normalized spacial score (nSPS) is 11.3. The topological polar surface area (TPSA) is 59.7 Å². The number of aryl methyl sites for hydroxylation is 1. The number of hydrogen-bond donors (Lipinski definition) is 0. The van der Waals surface area contributed by atoms with Gasteiger partial charge in [-0.25, -0.2) is 18.7 Å². The number of ether oxygens (including phenoxy) is 1. The van der Waals surface area contributed by atoms with Crippen molar-refractivity contribution < 1.29 is 13.9 Å². The lowest BCUT2D eigenvalue weighted by atomic mass is 10.0. The molecule has 7 heteroatoms. The fraction of sp³-hybridized carbons (Fsp3) is 0.286. The van der Waals surface area contributed by atoms with Crippen molar-refractivity contribution in [1.82, 2.24) is 19.5 Å². The highest BCUT2D eigenvalue weighted by molar-refractivity contribution is 5.94. The predicted octanol–water partition coefficient (Wildman–Crippen LogP) is 3.81. The van der Waals surface area contributed by atoms with Crippen LogP contribution in [0.4, 0.5) is 4.39 Å². The zero-order chi connectivity index (χ0) is 20.3. The van der Waals surface area contributed by atoms with Crippen LogP contribution in [0, 0.1) is 5.82 Å². The molecule has 0 aliphatic carbocycles. The maximum atomic E-state index is 13.4. The third-order valence-corrected chi connectivity index (χ3v) is 4.25. The molecular weight excluding hydrogens is 359 g/mol. The van der Waals surface area contributed by atoms with Gasteiger partial charge in [-0.3, -0.25) is 0 Å². The molecule has 0 saturated carbocycles. The minimum absolute atomic E-state index is 0.272. The Morgan fingerprint density at radius 3 is 2.57 bits per heavy atom. The predicted molar refractivity (Wildman–Crippen MR) is 106 cm³/mol. The Hall–Kier alpha value is -3.22. The average Bonchev–Trinajstić information content (AvgIpc) is 3.05. The lowest BCUT2D eigenvalue weighted by Gasteiger charge is -2.09. The second-order valence-electron chi connectivity index (χ2n) is 6.47. The molecule has 0 aliphatic heterocycles. The highest BCUT2D eigenvalue weighted by Gasteiger charge is 2.21. The molecule has 3 aromatic rings. The molecule has 0 amide bonds. The first kappa shape index (κ1) is 19.5. The summed E-state index contributed by atoms with van der Waals surface area (Å²) in [5, 5.41) is 4.69. The van der Waals surface area contributed by atoms with E-state index in [1.807, 2.05) is 38.2 Å². The van der Waals surface area contributed by atoms with Crippen LogP contribution in [0.25, 0.3) is 22.9 Å². The Balaban J connectivity index is 2.29. The molecule has 0 aliphatic rings. The first-order valence-corrected chi connectivity index (χ1v) is 9.14. The van der Waals surface area contributed by atoms with Gasteiger partial charge in [-0.05, 0) is 37.1 Å². The van der Waals surface area contributed by atoms with E-state index in [9.17, 15) is 9.18 Å². The summed E-state index contributed by atoms with van der Waals surface area (Å²) in [6.45, 7) is 4.03. The van der Waals surface area contributed by atoms with E-state index in [0.29, 0.717) is 23.3 Å². The van der Waals surface area contributed by atoms with Crippen molar-refractivity contribution >= 4 is 17.7 Å². The number of carbonyl (C=O) groups is 1. The molecular formula is C21H23FN4O2. The molecule has 0 radical (unpaired) electrons. The quantitative estimate of drug-likeness (QED) is 0.607. The van der Waals surface area contributed by atoms with Crippen LogP contribution in [0.1, 0.15) is 35.6 Å². The third kappa shape index (κ3) is 3.74. The summed E-state index contributed by atoms with van der Waals surface area (Å²) in [4.78, 5) is 18.8. The van der Waals surface area contributed by atoms with E-state index in [1.54, 1.807) is 23.6 Å². The summed E-state index contributed by atoms with van der Waals surface area (Å²) in [7, 11) is 3.78. The van der Waals surface area contributed by atoms with Gasteiger partial charge in [-0.1, -0.05) is 19.1 Å². The first-order valence-electron chi connectivity index (χ1n) is 9.14. The van der Waals surface area contributed by atoms with Gasteiger partial charge in [0.05, 0.1) is 18.0 Å². The molecule has 3 rings (SSSR count). The first-order chi connectivity index (χ1) is 13.5. The molecule has 0 spiro atoms. The van der Waals surface area contributed by atoms with Gasteiger partial charge in [0.1, 0.15) is 11.4 Å². The number of esters is 1. The average molecular weight is 382 g/mol. The van der Waals surface area contributed by atoms with E-state index in [0.717, 1.165) is 16.8 Å². The largest absolute Gasteiger partial charge is 0.462 e. The lowest BCUT2D eigenvalue weighted by Crippen LogP contribution is -2.12. The number of nitrogens with zero attached hydrogens (tertiary/aromatic N) is 4. The number of aromatic nitrogens is 3. The fourth-order valence-corrected chi connectivity index (χ4v) is 2.95. The molecule has 0 N–H and O–H groups in total. The van der Waals surface area contributed by atoms with E-state index in [-0.39, 0.29) is 12.4 Å². The van der Waals surface area contributed by atoms with Gasteiger partial charge in [0.15, 0.2) is 5.65 Å². The van der Waals surface area contributed by atoms with Crippen LogP contribution in [0.15, 0.2) is 36.7 Å². The fourth-order valence-electron chi connectivity index (χ4n) is 2.95. The number of rotatable bonds is 6. The molecule has 0 atom stereocenters. The molecule has 2 aromatic heterocycles. The van der Waals surface area contributed by atoms with Crippen molar-refractivity contribution in [3.63, 3.8) is 0 Å². The summed E-state index contributed by atoms with van der Waals surface area (Å²) in [6.07, 6.45) is 5.82. The Bertz CT molecular complexity index is 1020. The van der Waals surface area contributed by atoms with Gasteiger partial charge >= 0.3 is 5.97 Å². The van der Waals surface area contributed by atoms with Crippen LogP contribution in [-0.4, -0.2) is 46.2 Å². The zero-order valence-electron chi connectivity index (χ0n) is 16.4. The van der Waals surface area contributed by atoms with Crippen LogP contribution in [0.5, 0.6) is 0 Å². The van der Waals surface area contributed by atoms with Gasteiger partial charge in [-0.2, -0.15) is 5.10 Å². The van der Waals surface area contributed by atoms with Crippen molar-refractivity contribution in [3.8, 4) is 11.1 Å². The summed E-state index contributed by atoms with van der Waals surface area (Å²) in [6, 6.07) is 6.25. The Labute approximate surface area is 163 Å². The van der Waals surface area contributed by atoms with Crippen molar-refractivity contribution in [2.24, 2.45) is 0 Å². The second kappa shape index (κ2) is 8.21. The van der Waals surface area contributed by atoms with Crippen molar-refractivity contribution in [3.05, 3.63) is 59.4 Å². The van der Waals surface area contributed by atoms with Crippen molar-refractivity contribution in [2.75, 3.05) is 20.7 Å². The highest BCUT2D eigenvalue weighted by Crippen LogP contribution is 2.30. The monoisotopic (exact) mass is 382 g/mol. The Morgan fingerprint density at radius 2 is 1.96 bits per heavy atom. The van der Waals surface area contributed by atoms with Crippen molar-refractivity contribution in [1.29, 1.82) is 0 Å². The van der Waals surface area contributed by atoms with Gasteiger partial charge in [-0.15, -0.1) is 0 Å². The van der Waals surface area contributed by atoms with Crippen LogP contribution >= 0.6 is 0 Å². The standard InChI is InChI=1S/C21H23FN4O2/c1-5-17-19(14-7-9-15(22)10-8-14)20-23-13-16(21(27)28-6-2)18(26(20)24-17)11-12-25(3)4/h7-13H,5-6H2,1-4H3/b12-11+. The molecule has 1 aromatic carbocycles. The van der Waals surface area contributed by atoms with Gasteiger partial charge in [0.25, 0.3) is 0 Å². The number of benzene rings is 1. The SMILES string of the molecule is CCOC(=O)c1cnc2c(-c3ccc(F)cc3)c(CC)nn2c1/C=C/N(C)C. The maximum Gasteiger partial charge on any atom is 0.341 e. The summed E-state index contributed by atoms with van der Waals surface area (Å²) >= 11 is 0. The zero-order valence-corrected chi connectivity index (χ0v) is 16.4. The summed E-state index contributed by atoms with van der Waals surface area (Å²) in [5.41, 5.74) is 4.00. The number of halogens is 1. The number of hydrogen-bond acceptors (Lipinski definition) is 5.